The van der Waals surface area contributed by atoms with E-state index in [1.807, 2.05) is 0 Å². The molecule has 1 aliphatic rings. The van der Waals surface area contributed by atoms with Gasteiger partial charge in [-0.05, 0) is 24.6 Å². The van der Waals surface area contributed by atoms with Crippen molar-refractivity contribution in [3.63, 3.8) is 0 Å². The minimum Gasteiger partial charge on any atom is -0.493 e. The van der Waals surface area contributed by atoms with Crippen molar-refractivity contribution in [2.24, 2.45) is 5.73 Å². The molecule has 0 bridgehead atoms. The molecule has 12 nitrogen and oxygen atoms in total. The smallest absolute Gasteiger partial charge is 0.223 e. The third kappa shape index (κ3) is 6.98. The number of carbonyl (C=O) groups is 1. The number of aromatic amines is 1. The van der Waals surface area contributed by atoms with Crippen molar-refractivity contribution < 1.29 is 28.2 Å². The number of nitrogens with one attached hydrogen (secondary N) is 1. The summed E-state index contributed by atoms with van der Waals surface area (Å²) in [5.74, 6) is -1.46. The standard InChI is InChI=1S/C29H34F2N8O4/c1-42-24-16-20-22(17-25(24)43-13-3-6-37-7-9-38(10-8-37)11-12-40)33-18-34-29(20)39(23-5-2-4-21(30)28(23)31)27-15-19(35-36-27)14-26(32)41/h2,4-5,15-18,40H,3,6-14H2,1H3,(H2,32,41)(H,35,36). The van der Waals surface area contributed by atoms with Crippen LogP contribution < -0.4 is 20.1 Å². The summed E-state index contributed by atoms with van der Waals surface area (Å²) in [7, 11) is 1.51. The molecule has 0 radical (unpaired) electrons. The van der Waals surface area contributed by atoms with E-state index in [0.717, 1.165) is 45.2 Å². The molecule has 4 N–H and O–H groups in total. The van der Waals surface area contributed by atoms with Gasteiger partial charge in [-0.2, -0.15) is 5.10 Å². The van der Waals surface area contributed by atoms with Crippen LogP contribution in [0.1, 0.15) is 12.1 Å². The van der Waals surface area contributed by atoms with Gasteiger partial charge < -0.3 is 25.2 Å². The number of fused-ring (bicyclic) bond motifs is 1. The maximum atomic E-state index is 15.2. The van der Waals surface area contributed by atoms with E-state index in [1.54, 1.807) is 12.1 Å². The fourth-order valence-electron chi connectivity index (χ4n) is 5.10. The molecular weight excluding hydrogens is 562 g/mol. The monoisotopic (exact) mass is 596 g/mol. The first-order valence-corrected chi connectivity index (χ1v) is 14.0. The van der Waals surface area contributed by atoms with Crippen molar-refractivity contribution in [1.29, 1.82) is 0 Å². The SMILES string of the molecule is COc1cc2c(N(c3cc(CC(N)=O)[nH]n3)c3cccc(F)c3F)ncnc2cc1OCCCN1CCN(CCO)CC1. The Kier molecular flexibility index (Phi) is 9.59. The molecule has 5 rings (SSSR count). The number of methoxy groups -OCH3 is 1. The molecule has 228 valence electrons. The quantitative estimate of drug-likeness (QED) is 0.197. The second-order valence-corrected chi connectivity index (χ2v) is 10.1. The number of nitrogens with two attached hydrogens (primary N) is 1. The van der Waals surface area contributed by atoms with Gasteiger partial charge in [-0.1, -0.05) is 6.07 Å². The van der Waals surface area contributed by atoms with Crippen LogP contribution in [0.2, 0.25) is 0 Å². The number of piperazine rings is 1. The first-order chi connectivity index (χ1) is 20.9. The van der Waals surface area contributed by atoms with Gasteiger partial charge in [0.15, 0.2) is 29.0 Å². The van der Waals surface area contributed by atoms with Gasteiger partial charge in [0.2, 0.25) is 5.91 Å². The number of benzene rings is 2. The number of carbonyl (C=O) groups excluding carboxylic acids is 1. The largest absolute Gasteiger partial charge is 0.493 e. The zero-order valence-corrected chi connectivity index (χ0v) is 23.8. The molecule has 14 heteroatoms. The predicted octanol–water partition coefficient (Wildman–Crippen LogP) is 2.52. The lowest BCUT2D eigenvalue weighted by Crippen LogP contribution is -2.47. The van der Waals surface area contributed by atoms with Crippen LogP contribution in [0.5, 0.6) is 11.5 Å². The number of H-pyrrole nitrogens is 1. The predicted molar refractivity (Wildman–Crippen MR) is 156 cm³/mol. The molecule has 1 amide bonds. The Morgan fingerprint density at radius 3 is 2.58 bits per heavy atom. The highest BCUT2D eigenvalue weighted by Gasteiger charge is 2.25. The molecule has 1 fully saturated rings. The molecule has 0 saturated carbocycles. The molecule has 43 heavy (non-hydrogen) atoms. The Morgan fingerprint density at radius 1 is 1.09 bits per heavy atom. The molecule has 2 aromatic heterocycles. The molecule has 2 aromatic carbocycles. The highest BCUT2D eigenvalue weighted by molar-refractivity contribution is 5.96. The van der Waals surface area contributed by atoms with Gasteiger partial charge in [0.1, 0.15) is 12.1 Å². The second kappa shape index (κ2) is 13.7. The molecule has 1 saturated heterocycles. The summed E-state index contributed by atoms with van der Waals surface area (Å²) in [6.45, 7) is 5.97. The number of anilines is 3. The number of β-amino-alcohol motifs (C(OH)–C–C–N with tert-alkyl or cyclic N) is 1. The minimum absolute atomic E-state index is 0.120. The zero-order chi connectivity index (χ0) is 30.3. The highest BCUT2D eigenvalue weighted by Crippen LogP contribution is 2.41. The lowest BCUT2D eigenvalue weighted by molar-refractivity contribution is -0.117. The maximum Gasteiger partial charge on any atom is 0.223 e. The number of hydrogen-bond acceptors (Lipinski definition) is 10. The number of amides is 1. The van der Waals surface area contributed by atoms with Crippen LogP contribution in [-0.4, -0.2) is 101 Å². The maximum absolute atomic E-state index is 15.2. The van der Waals surface area contributed by atoms with E-state index in [4.69, 9.17) is 20.3 Å². The third-order valence-corrected chi connectivity index (χ3v) is 7.25. The van der Waals surface area contributed by atoms with Crippen molar-refractivity contribution >= 4 is 34.1 Å². The number of nitrogens with zero attached hydrogens (tertiary/aromatic N) is 6. The Balaban J connectivity index is 1.41. The van der Waals surface area contributed by atoms with Crippen LogP contribution >= 0.6 is 0 Å². The molecule has 0 aliphatic carbocycles. The Hall–Kier alpha value is -4.40. The number of hydrogen-bond donors (Lipinski definition) is 3. The van der Waals surface area contributed by atoms with Crippen LogP contribution in [0, 0.1) is 11.6 Å². The van der Waals surface area contributed by atoms with Gasteiger partial charge in [0.25, 0.3) is 0 Å². The first kappa shape index (κ1) is 30.1. The summed E-state index contributed by atoms with van der Waals surface area (Å²) in [4.78, 5) is 26.2. The van der Waals surface area contributed by atoms with E-state index in [0.29, 0.717) is 41.2 Å². The van der Waals surface area contributed by atoms with Gasteiger partial charge in [0.05, 0.1) is 37.9 Å². The molecular formula is C29H34F2N8O4. The van der Waals surface area contributed by atoms with Crippen LogP contribution in [-0.2, 0) is 11.2 Å². The molecule has 3 heterocycles. The van der Waals surface area contributed by atoms with Crippen LogP contribution in [0.15, 0.2) is 42.7 Å². The van der Waals surface area contributed by atoms with E-state index in [-0.39, 0.29) is 30.4 Å². The average molecular weight is 597 g/mol. The lowest BCUT2D eigenvalue weighted by atomic mass is 10.1. The first-order valence-electron chi connectivity index (χ1n) is 14.0. The number of primary amides is 1. The van der Waals surface area contributed by atoms with Gasteiger partial charge in [-0.15, -0.1) is 0 Å². The van der Waals surface area contributed by atoms with E-state index >= 15 is 4.39 Å². The third-order valence-electron chi connectivity index (χ3n) is 7.25. The minimum atomic E-state index is -1.10. The van der Waals surface area contributed by atoms with Gasteiger partial charge in [0, 0.05) is 62.5 Å². The van der Waals surface area contributed by atoms with Gasteiger partial charge in [-0.3, -0.25) is 19.7 Å². The lowest BCUT2D eigenvalue weighted by Gasteiger charge is -2.34. The number of aliphatic hydroxyl groups excluding tert-OH is 1. The van der Waals surface area contributed by atoms with Gasteiger partial charge >= 0.3 is 0 Å². The normalized spacial score (nSPS) is 14.2. The Labute approximate surface area is 247 Å². The molecule has 4 aromatic rings. The fraction of sp³-hybridized carbons (Fsp3) is 0.379. The van der Waals surface area contributed by atoms with E-state index in [9.17, 15) is 9.18 Å². The summed E-state index contributed by atoms with van der Waals surface area (Å²) in [5.41, 5.74) is 6.05. The molecule has 0 spiro atoms. The summed E-state index contributed by atoms with van der Waals surface area (Å²) < 4.78 is 41.3. The topological polar surface area (TPSA) is 146 Å². The van der Waals surface area contributed by atoms with Crippen LogP contribution in [0.25, 0.3) is 10.9 Å². The van der Waals surface area contributed by atoms with Crippen molar-refractivity contribution in [1.82, 2.24) is 30.0 Å². The van der Waals surface area contributed by atoms with Crippen molar-refractivity contribution in [2.45, 2.75) is 12.8 Å². The summed E-state index contributed by atoms with van der Waals surface area (Å²) in [6, 6.07) is 8.71. The molecule has 1 aliphatic heterocycles. The van der Waals surface area contributed by atoms with Crippen molar-refractivity contribution in [3.05, 3.63) is 60.1 Å². The number of aromatic nitrogens is 4. The fourth-order valence-corrected chi connectivity index (χ4v) is 5.10. The molecule has 0 atom stereocenters. The van der Waals surface area contributed by atoms with Crippen molar-refractivity contribution in [3.8, 4) is 11.5 Å². The number of aliphatic hydroxyl groups is 1. The highest BCUT2D eigenvalue weighted by atomic mass is 19.2. The number of rotatable bonds is 13. The Bertz CT molecular complexity index is 1560. The van der Waals surface area contributed by atoms with Crippen LogP contribution in [0.4, 0.5) is 26.1 Å². The number of ether oxygens (including phenoxy) is 2. The number of halogens is 2. The Morgan fingerprint density at radius 2 is 1.86 bits per heavy atom. The van der Waals surface area contributed by atoms with Crippen molar-refractivity contribution in [2.75, 3.05) is 64.5 Å². The van der Waals surface area contributed by atoms with E-state index < -0.39 is 17.5 Å². The molecule has 0 unspecified atom stereocenters. The summed E-state index contributed by atoms with van der Waals surface area (Å²) in [5, 5.41) is 16.5. The zero-order valence-electron chi connectivity index (χ0n) is 23.8. The van der Waals surface area contributed by atoms with Crippen LogP contribution in [0.3, 0.4) is 0 Å². The average Bonchev–Trinajstić information content (AvgIpc) is 3.45. The summed E-state index contributed by atoms with van der Waals surface area (Å²) in [6.07, 6.45) is 1.99. The second-order valence-electron chi connectivity index (χ2n) is 10.1. The van der Waals surface area contributed by atoms with E-state index in [2.05, 4.69) is 30.0 Å². The van der Waals surface area contributed by atoms with Gasteiger partial charge in [-0.25, -0.2) is 18.7 Å². The summed E-state index contributed by atoms with van der Waals surface area (Å²) >= 11 is 0. The van der Waals surface area contributed by atoms with E-state index in [1.165, 1.54) is 36.5 Å².